The fourth-order valence-corrected chi connectivity index (χ4v) is 3.60. The zero-order valence-corrected chi connectivity index (χ0v) is 17.6. The third-order valence-corrected chi connectivity index (χ3v) is 5.56. The van der Waals surface area contributed by atoms with Gasteiger partial charge in [0.2, 0.25) is 0 Å². The lowest BCUT2D eigenvalue weighted by atomic mass is 9.90. The van der Waals surface area contributed by atoms with Crippen LogP contribution in [0.5, 0.6) is 11.5 Å². The summed E-state index contributed by atoms with van der Waals surface area (Å²) in [6.45, 7) is 7.83. The van der Waals surface area contributed by atoms with Crippen LogP contribution in [0.4, 0.5) is 0 Å². The smallest absolute Gasteiger partial charge is 0.345 e. The van der Waals surface area contributed by atoms with Crippen LogP contribution in [0.25, 0.3) is 11.1 Å². The Morgan fingerprint density at radius 2 is 1.46 bits per heavy atom. The number of hydrogen-bond donors (Lipinski definition) is 1. The first-order valence-corrected chi connectivity index (χ1v) is 9.53. The van der Waals surface area contributed by atoms with Gasteiger partial charge < -0.3 is 9.84 Å². The van der Waals surface area contributed by atoms with Crippen molar-refractivity contribution in [3.8, 4) is 22.6 Å². The molecule has 0 atom stereocenters. The molecule has 0 unspecified atom stereocenters. The van der Waals surface area contributed by atoms with Gasteiger partial charge in [-0.1, -0.05) is 35.3 Å². The van der Waals surface area contributed by atoms with Crippen molar-refractivity contribution >= 4 is 29.2 Å². The van der Waals surface area contributed by atoms with Crippen molar-refractivity contribution in [3.05, 3.63) is 80.3 Å². The van der Waals surface area contributed by atoms with Crippen molar-refractivity contribution in [1.29, 1.82) is 0 Å². The van der Waals surface area contributed by atoms with E-state index in [1.807, 2.05) is 39.8 Å². The van der Waals surface area contributed by atoms with Gasteiger partial charge in [0.1, 0.15) is 11.5 Å². The van der Waals surface area contributed by atoms with Crippen LogP contribution in [0, 0.1) is 27.7 Å². The van der Waals surface area contributed by atoms with Crippen molar-refractivity contribution in [3.63, 3.8) is 0 Å². The van der Waals surface area contributed by atoms with Gasteiger partial charge in [-0.15, -0.1) is 0 Å². The molecule has 0 bridgehead atoms. The second-order valence-corrected chi connectivity index (χ2v) is 7.64. The van der Waals surface area contributed by atoms with E-state index in [1.165, 1.54) is 12.1 Å². The van der Waals surface area contributed by atoms with Gasteiger partial charge in [-0.3, -0.25) is 0 Å². The van der Waals surface area contributed by atoms with Crippen molar-refractivity contribution in [2.45, 2.75) is 27.7 Å². The molecule has 0 saturated carbocycles. The summed E-state index contributed by atoms with van der Waals surface area (Å²) in [5, 5.41) is 11.2. The van der Waals surface area contributed by atoms with E-state index in [0.29, 0.717) is 21.9 Å². The highest BCUT2D eigenvalue weighted by Crippen LogP contribution is 2.42. The van der Waals surface area contributed by atoms with Gasteiger partial charge in [-0.25, -0.2) is 4.79 Å². The van der Waals surface area contributed by atoms with Gasteiger partial charge in [0.25, 0.3) is 0 Å². The summed E-state index contributed by atoms with van der Waals surface area (Å²) in [4.78, 5) is 12.8. The molecule has 0 spiro atoms. The molecule has 0 saturated heterocycles. The Morgan fingerprint density at radius 3 is 2.11 bits per heavy atom. The normalized spacial score (nSPS) is 10.8. The van der Waals surface area contributed by atoms with E-state index in [0.717, 1.165) is 22.3 Å². The molecule has 3 aromatic rings. The monoisotopic (exact) mass is 414 g/mol. The van der Waals surface area contributed by atoms with E-state index < -0.39 is 5.97 Å². The molecule has 0 aliphatic heterocycles. The number of rotatable bonds is 3. The van der Waals surface area contributed by atoms with Crippen molar-refractivity contribution in [2.24, 2.45) is 0 Å². The molecule has 0 radical (unpaired) electrons. The number of halogens is 2. The van der Waals surface area contributed by atoms with E-state index in [1.54, 1.807) is 18.2 Å². The Hall–Kier alpha value is -2.49. The number of aromatic hydroxyl groups is 1. The molecule has 0 aromatic heterocycles. The first-order valence-electron chi connectivity index (χ1n) is 8.77. The highest BCUT2D eigenvalue weighted by molar-refractivity contribution is 6.36. The Bertz CT molecular complexity index is 1090. The number of hydrogen-bond acceptors (Lipinski definition) is 3. The third-order valence-electron chi connectivity index (χ3n) is 5.02. The maximum Gasteiger partial charge on any atom is 0.345 e. The van der Waals surface area contributed by atoms with Crippen LogP contribution in [0.1, 0.15) is 32.6 Å². The maximum absolute atomic E-state index is 12.8. The number of ether oxygens (including phenoxy) is 1. The van der Waals surface area contributed by atoms with Gasteiger partial charge in [0, 0.05) is 16.1 Å². The molecule has 3 nitrogen and oxygen atoms in total. The first-order chi connectivity index (χ1) is 13.2. The zero-order chi connectivity index (χ0) is 20.6. The highest BCUT2D eigenvalue weighted by atomic mass is 35.5. The number of carbonyl (C=O) groups is 1. The Labute approximate surface area is 174 Å². The topological polar surface area (TPSA) is 46.5 Å². The summed E-state index contributed by atoms with van der Waals surface area (Å²) in [7, 11) is 0. The SMILES string of the molecule is Cc1ccc(O)c(-c2c(OC(=O)c3ccc(Cl)cc3Cl)ccc(C)c2C)c1C. The molecule has 0 fully saturated rings. The molecule has 3 rings (SSSR count). The van der Waals surface area contributed by atoms with Gasteiger partial charge in [0.05, 0.1) is 10.6 Å². The summed E-state index contributed by atoms with van der Waals surface area (Å²) in [5.41, 5.74) is 5.49. The van der Waals surface area contributed by atoms with Gasteiger partial charge in [-0.2, -0.15) is 0 Å². The predicted molar refractivity (Wildman–Crippen MR) is 114 cm³/mol. The van der Waals surface area contributed by atoms with Crippen molar-refractivity contribution in [1.82, 2.24) is 0 Å². The van der Waals surface area contributed by atoms with Crippen LogP contribution in [0.2, 0.25) is 10.0 Å². The lowest BCUT2D eigenvalue weighted by Gasteiger charge is -2.19. The number of benzene rings is 3. The number of aryl methyl sites for hydroxylation is 2. The number of carbonyl (C=O) groups excluding carboxylic acids is 1. The molecule has 0 heterocycles. The third kappa shape index (κ3) is 3.73. The molecule has 1 N–H and O–H groups in total. The minimum atomic E-state index is -0.587. The van der Waals surface area contributed by atoms with Crippen LogP contribution in [0.3, 0.4) is 0 Å². The lowest BCUT2D eigenvalue weighted by molar-refractivity contribution is 0.0735. The second kappa shape index (κ2) is 7.86. The van der Waals surface area contributed by atoms with Crippen molar-refractivity contribution in [2.75, 3.05) is 0 Å². The van der Waals surface area contributed by atoms with E-state index in [4.69, 9.17) is 27.9 Å². The number of esters is 1. The second-order valence-electron chi connectivity index (χ2n) is 6.80. The molecule has 5 heteroatoms. The van der Waals surface area contributed by atoms with E-state index >= 15 is 0 Å². The summed E-state index contributed by atoms with van der Waals surface area (Å²) < 4.78 is 5.71. The van der Waals surface area contributed by atoms with Gasteiger partial charge in [-0.05, 0) is 80.3 Å². The van der Waals surface area contributed by atoms with Crippen LogP contribution >= 0.6 is 23.2 Å². The quantitative estimate of drug-likeness (QED) is 0.377. The minimum Gasteiger partial charge on any atom is -0.507 e. The van der Waals surface area contributed by atoms with Crippen LogP contribution in [-0.2, 0) is 0 Å². The van der Waals surface area contributed by atoms with Crippen LogP contribution in [-0.4, -0.2) is 11.1 Å². The van der Waals surface area contributed by atoms with Crippen molar-refractivity contribution < 1.29 is 14.6 Å². The average molecular weight is 415 g/mol. The first kappa shape index (κ1) is 20.2. The highest BCUT2D eigenvalue weighted by Gasteiger charge is 2.21. The average Bonchev–Trinajstić information content (AvgIpc) is 2.63. The number of phenolic OH excluding ortho intramolecular Hbond substituents is 1. The van der Waals surface area contributed by atoms with E-state index in [2.05, 4.69) is 0 Å². The minimum absolute atomic E-state index is 0.138. The van der Waals surface area contributed by atoms with Gasteiger partial charge in [0.15, 0.2) is 0 Å². The Morgan fingerprint density at radius 1 is 0.857 bits per heavy atom. The molecule has 0 aliphatic rings. The lowest BCUT2D eigenvalue weighted by Crippen LogP contribution is -2.11. The van der Waals surface area contributed by atoms with Crippen LogP contribution < -0.4 is 4.74 Å². The van der Waals surface area contributed by atoms with E-state index in [-0.39, 0.29) is 16.3 Å². The largest absolute Gasteiger partial charge is 0.507 e. The molecular formula is C23H20Cl2O3. The summed E-state index contributed by atoms with van der Waals surface area (Å²) in [5.74, 6) is -0.0855. The summed E-state index contributed by atoms with van der Waals surface area (Å²) >= 11 is 12.1. The van der Waals surface area contributed by atoms with Crippen LogP contribution in [0.15, 0.2) is 42.5 Å². The predicted octanol–water partition coefficient (Wildman–Crippen LogP) is 6.82. The summed E-state index contributed by atoms with van der Waals surface area (Å²) in [6, 6.07) is 11.7. The standard InChI is InChI=1S/C23H20Cl2O3/c1-12-5-9-19(26)21(14(12)3)22-15(4)13(2)6-10-20(22)28-23(27)17-8-7-16(24)11-18(17)25/h5-11,26H,1-4H3. The number of phenols is 1. The zero-order valence-electron chi connectivity index (χ0n) is 16.1. The fraction of sp³-hybridized carbons (Fsp3) is 0.174. The molecule has 144 valence electrons. The Balaban J connectivity index is 2.15. The molecule has 3 aromatic carbocycles. The Kier molecular flexibility index (Phi) is 5.69. The fourth-order valence-electron chi connectivity index (χ4n) is 3.11. The maximum atomic E-state index is 12.8. The summed E-state index contributed by atoms with van der Waals surface area (Å²) in [6.07, 6.45) is 0. The molecule has 28 heavy (non-hydrogen) atoms. The van der Waals surface area contributed by atoms with Gasteiger partial charge >= 0.3 is 5.97 Å². The molecular weight excluding hydrogens is 395 g/mol. The van der Waals surface area contributed by atoms with E-state index in [9.17, 15) is 9.90 Å². The molecule has 0 amide bonds. The molecule has 0 aliphatic carbocycles.